The van der Waals surface area contributed by atoms with E-state index in [-0.39, 0.29) is 24.2 Å². The number of hydrogen-bond donors (Lipinski definition) is 2. The smallest absolute Gasteiger partial charge is 0.236 e. The summed E-state index contributed by atoms with van der Waals surface area (Å²) < 4.78 is 0. The highest BCUT2D eigenvalue weighted by atomic mass is 35.5. The normalized spacial score (nSPS) is 13.4. The van der Waals surface area contributed by atoms with Gasteiger partial charge < -0.3 is 11.1 Å². The first-order valence-electron chi connectivity index (χ1n) is 3.97. The van der Waals surface area contributed by atoms with Crippen LogP contribution in [0.3, 0.4) is 0 Å². The van der Waals surface area contributed by atoms with Crippen molar-refractivity contribution in [2.24, 2.45) is 11.7 Å². The fourth-order valence-electron chi connectivity index (χ4n) is 0.897. The zero-order valence-electron chi connectivity index (χ0n) is 7.91. The number of hydrogen-bond acceptors (Lipinski definition) is 3. The molecule has 0 bridgehead atoms. The summed E-state index contributed by atoms with van der Waals surface area (Å²) in [5, 5.41) is 10.8. The van der Waals surface area contributed by atoms with Gasteiger partial charge in [0.1, 0.15) is 0 Å². The van der Waals surface area contributed by atoms with Gasteiger partial charge in [-0.3, -0.25) is 4.79 Å². The van der Waals surface area contributed by atoms with Gasteiger partial charge in [-0.2, -0.15) is 5.26 Å². The Morgan fingerprint density at radius 1 is 1.69 bits per heavy atom. The van der Waals surface area contributed by atoms with Crippen LogP contribution in [0, 0.1) is 17.2 Å². The zero-order chi connectivity index (χ0) is 9.56. The maximum absolute atomic E-state index is 11.0. The largest absolute Gasteiger partial charge is 0.358 e. The summed E-state index contributed by atoms with van der Waals surface area (Å²) in [6.45, 7) is 1.87. The third-order valence-electron chi connectivity index (χ3n) is 1.87. The lowest BCUT2D eigenvalue weighted by molar-refractivity contribution is -0.122. The van der Waals surface area contributed by atoms with Gasteiger partial charge in [0.2, 0.25) is 5.91 Å². The van der Waals surface area contributed by atoms with Gasteiger partial charge in [-0.25, -0.2) is 0 Å². The van der Waals surface area contributed by atoms with Crippen LogP contribution in [0.25, 0.3) is 0 Å². The quantitative estimate of drug-likeness (QED) is 0.698. The number of nitrogens with zero attached hydrogens (tertiary/aromatic N) is 1. The van der Waals surface area contributed by atoms with Crippen molar-refractivity contribution in [1.29, 1.82) is 5.26 Å². The van der Waals surface area contributed by atoms with Crippen molar-refractivity contribution in [2.75, 3.05) is 7.05 Å². The number of amides is 1. The number of rotatable bonds is 4. The number of halogens is 1. The third kappa shape index (κ3) is 5.45. The summed E-state index contributed by atoms with van der Waals surface area (Å²) in [4.78, 5) is 11.0. The van der Waals surface area contributed by atoms with E-state index < -0.39 is 6.04 Å². The lowest BCUT2D eigenvalue weighted by Crippen LogP contribution is -2.43. The van der Waals surface area contributed by atoms with E-state index in [1.807, 2.05) is 13.0 Å². The van der Waals surface area contributed by atoms with Gasteiger partial charge >= 0.3 is 0 Å². The standard InChI is InChI=1S/C8H15N3O.ClH/c1-6(4-3-5-9)7(10)8(12)11-2;/h6-7H,3-4,10H2,1-2H3,(H,11,12);1H. The average molecular weight is 206 g/mol. The molecule has 1 amide bonds. The molecule has 0 aromatic heterocycles. The molecule has 0 heterocycles. The Morgan fingerprint density at radius 3 is 2.62 bits per heavy atom. The first kappa shape index (κ1) is 14.7. The molecule has 0 fully saturated rings. The second-order valence-corrected chi connectivity index (χ2v) is 2.81. The molecule has 13 heavy (non-hydrogen) atoms. The van der Waals surface area contributed by atoms with Crippen LogP contribution in [0.15, 0.2) is 0 Å². The molecule has 0 aliphatic rings. The predicted octanol–water partition coefficient (Wildman–Crippen LogP) is 0.421. The topological polar surface area (TPSA) is 78.9 Å². The minimum absolute atomic E-state index is 0. The van der Waals surface area contributed by atoms with E-state index in [0.29, 0.717) is 12.8 Å². The lowest BCUT2D eigenvalue weighted by Gasteiger charge is -2.16. The van der Waals surface area contributed by atoms with Crippen LogP contribution in [-0.2, 0) is 4.79 Å². The molecule has 0 aliphatic carbocycles. The minimum atomic E-state index is -0.497. The predicted molar refractivity (Wildman–Crippen MR) is 53.3 cm³/mol. The van der Waals surface area contributed by atoms with Gasteiger partial charge in [0.15, 0.2) is 0 Å². The van der Waals surface area contributed by atoms with Crippen LogP contribution in [0.1, 0.15) is 19.8 Å². The number of likely N-dealkylation sites (N-methyl/N-ethyl adjacent to an activating group) is 1. The van der Waals surface area contributed by atoms with E-state index in [0.717, 1.165) is 0 Å². The van der Waals surface area contributed by atoms with Crippen molar-refractivity contribution in [2.45, 2.75) is 25.8 Å². The Kier molecular flexibility index (Phi) is 8.87. The van der Waals surface area contributed by atoms with E-state index in [2.05, 4.69) is 5.32 Å². The number of nitriles is 1. The van der Waals surface area contributed by atoms with Crippen molar-refractivity contribution in [3.63, 3.8) is 0 Å². The number of carbonyl (C=O) groups is 1. The Morgan fingerprint density at radius 2 is 2.23 bits per heavy atom. The van der Waals surface area contributed by atoms with Crippen molar-refractivity contribution in [3.05, 3.63) is 0 Å². The van der Waals surface area contributed by atoms with Crippen LogP contribution in [-0.4, -0.2) is 19.0 Å². The average Bonchev–Trinajstić information content (AvgIpc) is 2.11. The molecule has 0 aliphatic heterocycles. The monoisotopic (exact) mass is 205 g/mol. The molecule has 76 valence electrons. The molecule has 3 N–H and O–H groups in total. The molecule has 5 heteroatoms. The minimum Gasteiger partial charge on any atom is -0.358 e. The summed E-state index contributed by atoms with van der Waals surface area (Å²) in [7, 11) is 1.55. The molecule has 0 spiro atoms. The van der Waals surface area contributed by atoms with E-state index >= 15 is 0 Å². The van der Waals surface area contributed by atoms with Crippen molar-refractivity contribution >= 4 is 18.3 Å². The zero-order valence-corrected chi connectivity index (χ0v) is 8.73. The van der Waals surface area contributed by atoms with Crippen molar-refractivity contribution in [3.8, 4) is 6.07 Å². The maximum atomic E-state index is 11.0. The molecule has 0 saturated carbocycles. The van der Waals surface area contributed by atoms with E-state index in [1.54, 1.807) is 7.05 Å². The highest BCUT2D eigenvalue weighted by Gasteiger charge is 2.18. The van der Waals surface area contributed by atoms with Gasteiger partial charge in [0.25, 0.3) is 0 Å². The fourth-order valence-corrected chi connectivity index (χ4v) is 0.897. The SMILES string of the molecule is CNC(=O)C(N)C(C)CCC#N.Cl. The Balaban J connectivity index is 0. The van der Waals surface area contributed by atoms with Crippen LogP contribution >= 0.6 is 12.4 Å². The number of nitrogens with one attached hydrogen (secondary N) is 1. The van der Waals surface area contributed by atoms with E-state index in [1.165, 1.54) is 0 Å². The molecule has 2 unspecified atom stereocenters. The first-order chi connectivity index (χ1) is 5.63. The summed E-state index contributed by atoms with van der Waals surface area (Å²) in [5.41, 5.74) is 5.59. The summed E-state index contributed by atoms with van der Waals surface area (Å²) in [6.07, 6.45) is 1.12. The molecule has 0 aromatic rings. The Labute approximate surface area is 84.9 Å². The van der Waals surface area contributed by atoms with Gasteiger partial charge in [-0.1, -0.05) is 6.92 Å². The fraction of sp³-hybridized carbons (Fsp3) is 0.750. The number of nitrogens with two attached hydrogens (primary N) is 1. The van der Waals surface area contributed by atoms with E-state index in [4.69, 9.17) is 11.0 Å². The number of carbonyl (C=O) groups excluding carboxylic acids is 1. The molecule has 0 radical (unpaired) electrons. The summed E-state index contributed by atoms with van der Waals surface area (Å²) in [6, 6.07) is 1.53. The van der Waals surface area contributed by atoms with Crippen LogP contribution in [0.4, 0.5) is 0 Å². The van der Waals surface area contributed by atoms with Crippen LogP contribution in [0.5, 0.6) is 0 Å². The molecular weight excluding hydrogens is 190 g/mol. The maximum Gasteiger partial charge on any atom is 0.236 e. The lowest BCUT2D eigenvalue weighted by atomic mass is 9.97. The molecule has 0 rings (SSSR count). The van der Waals surface area contributed by atoms with Gasteiger partial charge in [0, 0.05) is 13.5 Å². The second-order valence-electron chi connectivity index (χ2n) is 2.81. The van der Waals surface area contributed by atoms with Gasteiger partial charge in [-0.05, 0) is 12.3 Å². The Bertz CT molecular complexity index is 190. The second kappa shape index (κ2) is 7.84. The molecule has 0 aromatic carbocycles. The molecular formula is C8H16ClN3O. The van der Waals surface area contributed by atoms with Crippen LogP contribution < -0.4 is 11.1 Å². The van der Waals surface area contributed by atoms with Crippen LogP contribution in [0.2, 0.25) is 0 Å². The van der Waals surface area contributed by atoms with Crippen molar-refractivity contribution in [1.82, 2.24) is 5.32 Å². The highest BCUT2D eigenvalue weighted by Crippen LogP contribution is 2.08. The molecule has 0 saturated heterocycles. The molecule has 2 atom stereocenters. The summed E-state index contributed by atoms with van der Waals surface area (Å²) >= 11 is 0. The molecule has 4 nitrogen and oxygen atoms in total. The van der Waals surface area contributed by atoms with E-state index in [9.17, 15) is 4.79 Å². The third-order valence-corrected chi connectivity index (χ3v) is 1.87. The Hall–Kier alpha value is -0.790. The van der Waals surface area contributed by atoms with Crippen molar-refractivity contribution < 1.29 is 4.79 Å². The van der Waals surface area contributed by atoms with Gasteiger partial charge in [0.05, 0.1) is 12.1 Å². The first-order valence-corrected chi connectivity index (χ1v) is 3.97. The summed E-state index contributed by atoms with van der Waals surface area (Å²) in [5.74, 6) is -0.106. The van der Waals surface area contributed by atoms with Gasteiger partial charge in [-0.15, -0.1) is 12.4 Å². The highest BCUT2D eigenvalue weighted by molar-refractivity contribution is 5.85.